The van der Waals surface area contributed by atoms with Gasteiger partial charge in [0.15, 0.2) is 0 Å². The molecule has 0 atom stereocenters. The van der Waals surface area contributed by atoms with E-state index in [9.17, 15) is 4.79 Å². The fraction of sp³-hybridized carbons (Fsp3) is 0.833. The summed E-state index contributed by atoms with van der Waals surface area (Å²) in [5.74, 6) is -0.220. The van der Waals surface area contributed by atoms with E-state index in [4.69, 9.17) is 5.73 Å². The molecule has 0 fully saturated rings. The van der Waals surface area contributed by atoms with Gasteiger partial charge in [0.05, 0.1) is 6.54 Å². The van der Waals surface area contributed by atoms with Crippen LogP contribution in [0.3, 0.4) is 0 Å². The molecule has 9 heavy (non-hydrogen) atoms. The Morgan fingerprint density at radius 1 is 1.56 bits per heavy atom. The summed E-state index contributed by atoms with van der Waals surface area (Å²) in [6, 6.07) is 0. The van der Waals surface area contributed by atoms with Gasteiger partial charge in [-0.2, -0.15) is 0 Å². The molecule has 0 bridgehead atoms. The van der Waals surface area contributed by atoms with Gasteiger partial charge in [-0.05, 0) is 20.8 Å². The van der Waals surface area contributed by atoms with Crippen LogP contribution < -0.4 is 11.1 Å². The molecule has 0 spiro atoms. The van der Waals surface area contributed by atoms with Gasteiger partial charge in [0.1, 0.15) is 0 Å². The molecule has 0 unspecified atom stereocenters. The Bertz CT molecular complexity index is 104. The lowest BCUT2D eigenvalue weighted by molar-refractivity contribution is -0.121. The molecule has 1 amide bonds. The smallest absolute Gasteiger partial charge is 0.235 e. The number of amides is 1. The lowest BCUT2D eigenvalue weighted by Crippen LogP contribution is -2.42. The van der Waals surface area contributed by atoms with E-state index >= 15 is 0 Å². The molecule has 1 radical (unpaired) electrons. The van der Waals surface area contributed by atoms with Crippen molar-refractivity contribution < 1.29 is 4.79 Å². The zero-order valence-corrected chi connectivity index (χ0v) is 6.12. The maximum Gasteiger partial charge on any atom is 0.235 e. The van der Waals surface area contributed by atoms with E-state index in [2.05, 4.69) is 5.32 Å². The monoisotopic (exact) mass is 129 g/mol. The maximum atomic E-state index is 10.5. The second-order valence-corrected chi connectivity index (χ2v) is 2.97. The van der Waals surface area contributed by atoms with Crippen molar-refractivity contribution in [2.45, 2.75) is 26.3 Å². The van der Waals surface area contributed by atoms with E-state index in [1.54, 1.807) is 0 Å². The molecule has 0 heterocycles. The standard InChI is InChI=1S/C6H13N2O/c1-6(2,3)8-5(9)4-7/h7H,4H2,1-3H3,(H,8,9). The largest absolute Gasteiger partial charge is 0.350 e. The number of hydrogen-bond donors (Lipinski definition) is 1. The summed E-state index contributed by atoms with van der Waals surface area (Å²) >= 11 is 0. The van der Waals surface area contributed by atoms with Crippen molar-refractivity contribution in [2.75, 3.05) is 6.54 Å². The molecule has 53 valence electrons. The van der Waals surface area contributed by atoms with Gasteiger partial charge in [0.25, 0.3) is 0 Å². The molecule has 2 N–H and O–H groups in total. The molecule has 0 aliphatic heterocycles. The highest BCUT2D eigenvalue weighted by atomic mass is 16.1. The zero-order chi connectivity index (χ0) is 7.49. The molecule has 0 aliphatic rings. The first-order valence-corrected chi connectivity index (χ1v) is 2.91. The number of rotatable bonds is 1. The van der Waals surface area contributed by atoms with Crippen LogP contribution in [0.2, 0.25) is 0 Å². The average Bonchev–Trinajstić information content (AvgIpc) is 1.62. The molecule has 3 nitrogen and oxygen atoms in total. The van der Waals surface area contributed by atoms with E-state index < -0.39 is 0 Å². The van der Waals surface area contributed by atoms with Crippen molar-refractivity contribution in [2.24, 2.45) is 0 Å². The minimum Gasteiger partial charge on any atom is -0.350 e. The van der Waals surface area contributed by atoms with Crippen LogP contribution in [-0.2, 0) is 4.79 Å². The minimum absolute atomic E-state index is 0.183. The number of nitrogens with one attached hydrogen (secondary N) is 2. The Morgan fingerprint density at radius 2 is 2.00 bits per heavy atom. The summed E-state index contributed by atoms with van der Waals surface area (Å²) in [5.41, 5.74) is 6.48. The lowest BCUT2D eigenvalue weighted by Gasteiger charge is -2.19. The first kappa shape index (κ1) is 8.43. The number of hydrogen-bond acceptors (Lipinski definition) is 1. The van der Waals surface area contributed by atoms with E-state index in [-0.39, 0.29) is 18.0 Å². The summed E-state index contributed by atoms with van der Waals surface area (Å²) in [6.45, 7) is 5.49. The summed E-state index contributed by atoms with van der Waals surface area (Å²) in [6.07, 6.45) is 0. The Balaban J connectivity index is 3.60. The summed E-state index contributed by atoms with van der Waals surface area (Å²) in [7, 11) is 0. The average molecular weight is 129 g/mol. The van der Waals surface area contributed by atoms with Crippen molar-refractivity contribution >= 4 is 5.91 Å². The lowest BCUT2D eigenvalue weighted by atomic mass is 10.1. The van der Waals surface area contributed by atoms with Crippen molar-refractivity contribution in [3.8, 4) is 0 Å². The second-order valence-electron chi connectivity index (χ2n) is 2.97. The fourth-order valence-corrected chi connectivity index (χ4v) is 0.462. The van der Waals surface area contributed by atoms with Crippen LogP contribution in [0.15, 0.2) is 0 Å². The number of carbonyl (C=O) groups is 1. The van der Waals surface area contributed by atoms with Gasteiger partial charge in [0.2, 0.25) is 5.91 Å². The third-order valence-electron chi connectivity index (χ3n) is 0.675. The van der Waals surface area contributed by atoms with Gasteiger partial charge < -0.3 is 5.32 Å². The second kappa shape index (κ2) is 2.82. The van der Waals surface area contributed by atoms with Crippen LogP contribution in [0.25, 0.3) is 0 Å². The summed E-state index contributed by atoms with van der Waals surface area (Å²) in [4.78, 5) is 10.5. The Labute approximate surface area is 55.6 Å². The van der Waals surface area contributed by atoms with Crippen LogP contribution in [0, 0.1) is 0 Å². The highest BCUT2D eigenvalue weighted by molar-refractivity contribution is 5.78. The molecule has 0 saturated heterocycles. The fourth-order valence-electron chi connectivity index (χ4n) is 0.462. The van der Waals surface area contributed by atoms with E-state index in [1.807, 2.05) is 20.8 Å². The first-order chi connectivity index (χ1) is 3.95. The highest BCUT2D eigenvalue weighted by Crippen LogP contribution is 1.96. The predicted octanol–water partition coefficient (Wildman–Crippen LogP) is 0.184. The van der Waals surface area contributed by atoms with Gasteiger partial charge in [-0.1, -0.05) is 0 Å². The first-order valence-electron chi connectivity index (χ1n) is 2.91. The van der Waals surface area contributed by atoms with Crippen molar-refractivity contribution in [1.29, 1.82) is 0 Å². The van der Waals surface area contributed by atoms with Crippen LogP contribution in [-0.4, -0.2) is 18.0 Å². The topological polar surface area (TPSA) is 52.9 Å². The van der Waals surface area contributed by atoms with E-state index in [1.165, 1.54) is 0 Å². The van der Waals surface area contributed by atoms with E-state index in [0.717, 1.165) is 0 Å². The molecular formula is C6H13N2O. The SMILES string of the molecule is CC(C)(C)NC(=O)C[NH]. The van der Waals surface area contributed by atoms with Crippen molar-refractivity contribution in [3.63, 3.8) is 0 Å². The molecule has 0 rings (SSSR count). The normalized spacial score (nSPS) is 11.1. The minimum atomic E-state index is -0.220. The van der Waals surface area contributed by atoms with Gasteiger partial charge in [-0.3, -0.25) is 4.79 Å². The number of carbonyl (C=O) groups excluding carboxylic acids is 1. The molecule has 0 aromatic heterocycles. The third-order valence-corrected chi connectivity index (χ3v) is 0.675. The quantitative estimate of drug-likeness (QED) is 0.539. The molecular weight excluding hydrogens is 116 g/mol. The van der Waals surface area contributed by atoms with Crippen LogP contribution in [0.1, 0.15) is 20.8 Å². The van der Waals surface area contributed by atoms with Crippen molar-refractivity contribution in [1.82, 2.24) is 11.1 Å². The van der Waals surface area contributed by atoms with Crippen LogP contribution >= 0.6 is 0 Å². The van der Waals surface area contributed by atoms with Crippen LogP contribution in [0.4, 0.5) is 0 Å². The highest BCUT2D eigenvalue weighted by Gasteiger charge is 2.11. The summed E-state index contributed by atoms with van der Waals surface area (Å²) in [5, 5.41) is 2.64. The molecule has 0 saturated carbocycles. The molecule has 0 aliphatic carbocycles. The molecule has 3 heteroatoms. The Morgan fingerprint density at radius 3 is 2.11 bits per heavy atom. The van der Waals surface area contributed by atoms with Gasteiger partial charge in [-0.15, -0.1) is 0 Å². The van der Waals surface area contributed by atoms with Gasteiger partial charge in [-0.25, -0.2) is 5.73 Å². The Hall–Kier alpha value is -0.570. The predicted molar refractivity (Wildman–Crippen MR) is 35.9 cm³/mol. The Kier molecular flexibility index (Phi) is 2.65. The van der Waals surface area contributed by atoms with Gasteiger partial charge >= 0.3 is 0 Å². The van der Waals surface area contributed by atoms with Gasteiger partial charge in [0, 0.05) is 5.54 Å². The van der Waals surface area contributed by atoms with Crippen LogP contribution in [0.5, 0.6) is 0 Å². The molecule has 0 aromatic rings. The van der Waals surface area contributed by atoms with E-state index in [0.29, 0.717) is 0 Å². The summed E-state index contributed by atoms with van der Waals surface area (Å²) < 4.78 is 0. The third kappa shape index (κ3) is 5.30. The maximum absolute atomic E-state index is 10.5. The van der Waals surface area contributed by atoms with Crippen molar-refractivity contribution in [3.05, 3.63) is 0 Å². The zero-order valence-electron chi connectivity index (χ0n) is 6.12. The molecule has 0 aromatic carbocycles.